The topological polar surface area (TPSA) is 37.8 Å². The molecule has 0 aromatic carbocycles. The molecule has 1 atom stereocenters. The molecule has 2 rings (SSSR count). The van der Waals surface area contributed by atoms with E-state index in [4.69, 9.17) is 0 Å². The SMILES string of the molecule is CC1(C)CCCC1Nc1ncc(F)cn1. The Balaban J connectivity index is 2.06. The van der Waals surface area contributed by atoms with Crippen LogP contribution in [-0.4, -0.2) is 16.0 Å². The van der Waals surface area contributed by atoms with Gasteiger partial charge in [-0.25, -0.2) is 14.4 Å². The summed E-state index contributed by atoms with van der Waals surface area (Å²) in [4.78, 5) is 7.82. The summed E-state index contributed by atoms with van der Waals surface area (Å²) in [7, 11) is 0. The number of rotatable bonds is 2. The highest BCUT2D eigenvalue weighted by Crippen LogP contribution is 2.38. The maximum Gasteiger partial charge on any atom is 0.223 e. The first kappa shape index (κ1) is 10.3. The smallest absolute Gasteiger partial charge is 0.223 e. The zero-order chi connectivity index (χ0) is 10.9. The summed E-state index contributed by atoms with van der Waals surface area (Å²) in [6.45, 7) is 4.47. The van der Waals surface area contributed by atoms with Gasteiger partial charge >= 0.3 is 0 Å². The van der Waals surface area contributed by atoms with E-state index in [1.54, 1.807) is 0 Å². The van der Waals surface area contributed by atoms with Crippen LogP contribution >= 0.6 is 0 Å². The molecule has 0 spiro atoms. The molecule has 1 N–H and O–H groups in total. The Morgan fingerprint density at radius 2 is 2.07 bits per heavy atom. The van der Waals surface area contributed by atoms with Crippen molar-refractivity contribution in [1.82, 2.24) is 9.97 Å². The molecule has 1 heterocycles. The van der Waals surface area contributed by atoms with E-state index in [-0.39, 0.29) is 5.41 Å². The molecule has 3 nitrogen and oxygen atoms in total. The van der Waals surface area contributed by atoms with Gasteiger partial charge in [0, 0.05) is 6.04 Å². The zero-order valence-corrected chi connectivity index (χ0v) is 9.13. The molecule has 4 heteroatoms. The first-order valence-electron chi connectivity index (χ1n) is 5.32. The van der Waals surface area contributed by atoms with Crippen LogP contribution in [0.1, 0.15) is 33.1 Å². The molecule has 15 heavy (non-hydrogen) atoms. The number of anilines is 1. The van der Waals surface area contributed by atoms with Gasteiger partial charge < -0.3 is 5.32 Å². The van der Waals surface area contributed by atoms with Crippen molar-refractivity contribution in [3.63, 3.8) is 0 Å². The van der Waals surface area contributed by atoms with Gasteiger partial charge in [0.2, 0.25) is 5.95 Å². The Hall–Kier alpha value is -1.19. The summed E-state index contributed by atoms with van der Waals surface area (Å²) < 4.78 is 12.6. The van der Waals surface area contributed by atoms with Gasteiger partial charge in [0.15, 0.2) is 5.82 Å². The summed E-state index contributed by atoms with van der Waals surface area (Å²) in [5.41, 5.74) is 0.276. The predicted molar refractivity (Wildman–Crippen MR) is 57.0 cm³/mol. The normalized spacial score (nSPS) is 24.1. The van der Waals surface area contributed by atoms with Crippen molar-refractivity contribution in [1.29, 1.82) is 0 Å². The molecule has 0 saturated heterocycles. The van der Waals surface area contributed by atoms with Crippen molar-refractivity contribution < 1.29 is 4.39 Å². The quantitative estimate of drug-likeness (QED) is 0.813. The van der Waals surface area contributed by atoms with Crippen LogP contribution in [0.3, 0.4) is 0 Å². The lowest BCUT2D eigenvalue weighted by molar-refractivity contribution is 0.348. The second kappa shape index (κ2) is 3.76. The average Bonchev–Trinajstić information content (AvgIpc) is 2.50. The third-order valence-corrected chi connectivity index (χ3v) is 3.18. The molecular formula is C11H16FN3. The minimum atomic E-state index is -0.397. The fraction of sp³-hybridized carbons (Fsp3) is 0.636. The molecule has 1 fully saturated rings. The van der Waals surface area contributed by atoms with E-state index < -0.39 is 5.82 Å². The van der Waals surface area contributed by atoms with E-state index in [0.29, 0.717) is 12.0 Å². The summed E-state index contributed by atoms with van der Waals surface area (Å²) >= 11 is 0. The van der Waals surface area contributed by atoms with Gasteiger partial charge in [-0.2, -0.15) is 0 Å². The van der Waals surface area contributed by atoms with E-state index >= 15 is 0 Å². The van der Waals surface area contributed by atoms with Crippen molar-refractivity contribution >= 4 is 5.95 Å². The van der Waals surface area contributed by atoms with Gasteiger partial charge in [0.05, 0.1) is 12.4 Å². The number of hydrogen-bond acceptors (Lipinski definition) is 3. The monoisotopic (exact) mass is 209 g/mol. The highest BCUT2D eigenvalue weighted by molar-refractivity contribution is 5.26. The Labute approximate surface area is 89.1 Å². The van der Waals surface area contributed by atoms with Crippen molar-refractivity contribution in [2.45, 2.75) is 39.2 Å². The lowest BCUT2D eigenvalue weighted by atomic mass is 9.87. The zero-order valence-electron chi connectivity index (χ0n) is 9.13. The number of nitrogens with zero attached hydrogens (tertiary/aromatic N) is 2. The predicted octanol–water partition coefficient (Wildman–Crippen LogP) is 2.61. The molecule has 0 bridgehead atoms. The Morgan fingerprint density at radius 1 is 1.40 bits per heavy atom. The minimum Gasteiger partial charge on any atom is -0.351 e. The number of halogens is 1. The molecular weight excluding hydrogens is 193 g/mol. The highest BCUT2D eigenvalue weighted by atomic mass is 19.1. The van der Waals surface area contributed by atoms with E-state index in [1.807, 2.05) is 0 Å². The van der Waals surface area contributed by atoms with Crippen LogP contribution in [0.4, 0.5) is 10.3 Å². The maximum atomic E-state index is 12.6. The maximum absolute atomic E-state index is 12.6. The van der Waals surface area contributed by atoms with E-state index in [1.165, 1.54) is 25.2 Å². The number of nitrogens with one attached hydrogen (secondary N) is 1. The lowest BCUT2D eigenvalue weighted by Crippen LogP contribution is -2.31. The van der Waals surface area contributed by atoms with E-state index in [2.05, 4.69) is 29.1 Å². The molecule has 1 aromatic rings. The molecule has 0 radical (unpaired) electrons. The van der Waals surface area contributed by atoms with Crippen LogP contribution in [0, 0.1) is 11.2 Å². The largest absolute Gasteiger partial charge is 0.351 e. The van der Waals surface area contributed by atoms with Crippen LogP contribution in [-0.2, 0) is 0 Å². The van der Waals surface area contributed by atoms with Crippen molar-refractivity contribution in [2.24, 2.45) is 5.41 Å². The second-order valence-corrected chi connectivity index (χ2v) is 4.80. The summed E-state index contributed by atoms with van der Waals surface area (Å²) in [5, 5.41) is 3.27. The van der Waals surface area contributed by atoms with Gasteiger partial charge in [-0.3, -0.25) is 0 Å². The summed E-state index contributed by atoms with van der Waals surface area (Å²) in [6.07, 6.45) is 5.96. The van der Waals surface area contributed by atoms with Gasteiger partial charge in [0.25, 0.3) is 0 Å². The molecule has 0 amide bonds. The molecule has 1 aliphatic carbocycles. The van der Waals surface area contributed by atoms with E-state index in [0.717, 1.165) is 6.42 Å². The third-order valence-electron chi connectivity index (χ3n) is 3.18. The Morgan fingerprint density at radius 3 is 2.60 bits per heavy atom. The molecule has 1 aromatic heterocycles. The highest BCUT2D eigenvalue weighted by Gasteiger charge is 2.34. The molecule has 82 valence electrons. The average molecular weight is 209 g/mol. The molecule has 0 aliphatic heterocycles. The molecule has 1 unspecified atom stereocenters. The fourth-order valence-corrected chi connectivity index (χ4v) is 2.14. The standard InChI is InChI=1S/C11H16FN3/c1-11(2)5-3-4-9(11)15-10-13-6-8(12)7-14-10/h6-7,9H,3-5H2,1-2H3,(H,13,14,15). The van der Waals surface area contributed by atoms with Gasteiger partial charge in [-0.15, -0.1) is 0 Å². The van der Waals surface area contributed by atoms with Crippen molar-refractivity contribution in [3.05, 3.63) is 18.2 Å². The Kier molecular flexibility index (Phi) is 2.59. The van der Waals surface area contributed by atoms with Crippen molar-refractivity contribution in [3.8, 4) is 0 Å². The van der Waals surface area contributed by atoms with E-state index in [9.17, 15) is 4.39 Å². The first-order valence-corrected chi connectivity index (χ1v) is 5.32. The molecule has 1 aliphatic rings. The van der Waals surface area contributed by atoms with Crippen LogP contribution in [0.2, 0.25) is 0 Å². The van der Waals surface area contributed by atoms with Gasteiger partial charge in [-0.05, 0) is 18.3 Å². The third kappa shape index (κ3) is 2.25. The minimum absolute atomic E-state index is 0.276. The lowest BCUT2D eigenvalue weighted by Gasteiger charge is -2.27. The van der Waals surface area contributed by atoms with Gasteiger partial charge in [-0.1, -0.05) is 20.3 Å². The summed E-state index contributed by atoms with van der Waals surface area (Å²) in [5.74, 6) is 0.127. The number of hydrogen-bond donors (Lipinski definition) is 1. The summed E-state index contributed by atoms with van der Waals surface area (Å²) in [6, 6.07) is 0.392. The van der Waals surface area contributed by atoms with Crippen LogP contribution < -0.4 is 5.32 Å². The number of aromatic nitrogens is 2. The van der Waals surface area contributed by atoms with Crippen LogP contribution in [0.5, 0.6) is 0 Å². The van der Waals surface area contributed by atoms with Gasteiger partial charge in [0.1, 0.15) is 0 Å². The van der Waals surface area contributed by atoms with Crippen molar-refractivity contribution in [2.75, 3.05) is 5.32 Å². The van der Waals surface area contributed by atoms with Crippen LogP contribution in [0.15, 0.2) is 12.4 Å². The molecule has 1 saturated carbocycles. The second-order valence-electron chi connectivity index (χ2n) is 4.80. The fourth-order valence-electron chi connectivity index (χ4n) is 2.14. The Bertz CT molecular complexity index is 334. The first-order chi connectivity index (χ1) is 7.08. The van der Waals surface area contributed by atoms with Crippen LogP contribution in [0.25, 0.3) is 0 Å².